The zero-order valence-corrected chi connectivity index (χ0v) is 18.7. The molecule has 0 spiro atoms. The second kappa shape index (κ2) is 9.79. The Bertz CT molecular complexity index is 1150. The molecule has 2 aliphatic rings. The number of Topliss-reactive ketones (excluding diaryl/α,β-unsaturated/α-hetero) is 1. The van der Waals surface area contributed by atoms with Gasteiger partial charge in [0.15, 0.2) is 29.8 Å². The van der Waals surface area contributed by atoms with Crippen molar-refractivity contribution in [3.8, 4) is 28.7 Å². The van der Waals surface area contributed by atoms with E-state index < -0.39 is 89.8 Å². The number of aromatic hydroxyl groups is 3. The zero-order valence-electron chi connectivity index (χ0n) is 18.7. The van der Waals surface area contributed by atoms with Gasteiger partial charge in [0.05, 0.1) is 6.61 Å². The van der Waals surface area contributed by atoms with Crippen molar-refractivity contribution in [2.45, 2.75) is 49.8 Å². The van der Waals surface area contributed by atoms with Crippen LogP contribution in [0.15, 0.2) is 30.3 Å². The van der Waals surface area contributed by atoms with Gasteiger partial charge in [0.1, 0.15) is 35.4 Å². The smallest absolute Gasteiger partial charge is 0.303 e. The second-order valence-corrected chi connectivity index (χ2v) is 8.29. The summed E-state index contributed by atoms with van der Waals surface area (Å²) in [7, 11) is 0. The van der Waals surface area contributed by atoms with Crippen LogP contribution in [-0.2, 0) is 14.3 Å². The number of fused-ring (bicyclic) bond motifs is 1. The molecule has 2 aromatic carbocycles. The highest BCUT2D eigenvalue weighted by Crippen LogP contribution is 2.50. The number of aliphatic hydroxyl groups is 4. The molecule has 0 unspecified atom stereocenters. The number of esters is 1. The molecule has 1 saturated heterocycles. The fourth-order valence-corrected chi connectivity index (χ4v) is 4.05. The van der Waals surface area contributed by atoms with Crippen molar-refractivity contribution in [1.29, 1.82) is 0 Å². The van der Waals surface area contributed by atoms with Gasteiger partial charge in [0.25, 0.3) is 0 Å². The minimum atomic E-state index is -1.78. The van der Waals surface area contributed by atoms with E-state index in [9.17, 15) is 45.3 Å². The number of hydrogen-bond acceptors (Lipinski definition) is 13. The third kappa shape index (κ3) is 4.50. The highest BCUT2D eigenvalue weighted by atomic mass is 16.7. The number of ketones is 1. The summed E-state index contributed by atoms with van der Waals surface area (Å²) in [5.41, 5.74) is -0.261. The van der Waals surface area contributed by atoms with Crippen molar-refractivity contribution >= 4 is 11.8 Å². The number of carbonyl (C=O) groups excluding carboxylic acids is 2. The Morgan fingerprint density at radius 1 is 1.03 bits per heavy atom. The lowest BCUT2D eigenvalue weighted by molar-refractivity contribution is -0.282. The lowest BCUT2D eigenvalue weighted by Crippen LogP contribution is -2.61. The first-order chi connectivity index (χ1) is 17.0. The van der Waals surface area contributed by atoms with Gasteiger partial charge in [-0.1, -0.05) is 12.1 Å². The fraction of sp³-hybridized carbons (Fsp3) is 0.391. The number of benzene rings is 2. The molecule has 13 heteroatoms. The number of hydrogen-bond donors (Lipinski definition) is 7. The van der Waals surface area contributed by atoms with Crippen LogP contribution in [0, 0.1) is 0 Å². The van der Waals surface area contributed by atoms with Crippen LogP contribution >= 0.6 is 0 Å². The highest BCUT2D eigenvalue weighted by Gasteiger charge is 2.49. The summed E-state index contributed by atoms with van der Waals surface area (Å²) < 4.78 is 21.9. The average molecular weight is 508 g/mol. The summed E-state index contributed by atoms with van der Waals surface area (Å²) in [5, 5.41) is 71.0. The van der Waals surface area contributed by atoms with Gasteiger partial charge in [-0.3, -0.25) is 9.59 Å². The minimum absolute atomic E-state index is 0.0831. The van der Waals surface area contributed by atoms with E-state index in [1.165, 1.54) is 24.3 Å². The standard InChI is InChI=1S/C23H24O13/c1-8(25)33-22-17(31)15(29)13(7-24)34-23(22)36-20-12(28)6-11(27)14-16(30)18(32)19(35-21(14)20)9-2-4-10(26)5-3-9/h2-6,13,15,17-19,22-24,26-29,31-32H,7H2,1H3/t13-,15-,17+,18+,19-,22-,23+/m1/s1. The molecule has 0 bridgehead atoms. The van der Waals surface area contributed by atoms with Crippen LogP contribution in [-0.4, -0.2) is 90.9 Å². The Balaban J connectivity index is 1.77. The van der Waals surface area contributed by atoms with Gasteiger partial charge in [-0.2, -0.15) is 0 Å². The van der Waals surface area contributed by atoms with E-state index in [1.54, 1.807) is 0 Å². The molecule has 36 heavy (non-hydrogen) atoms. The van der Waals surface area contributed by atoms with Crippen molar-refractivity contribution < 1.29 is 64.3 Å². The summed E-state index contributed by atoms with van der Waals surface area (Å²) in [6.07, 6.45) is -11.3. The highest BCUT2D eigenvalue weighted by molar-refractivity contribution is 6.06. The molecule has 2 heterocycles. The number of rotatable bonds is 5. The van der Waals surface area contributed by atoms with Crippen LogP contribution in [0.3, 0.4) is 0 Å². The van der Waals surface area contributed by atoms with Gasteiger partial charge < -0.3 is 54.7 Å². The number of ether oxygens (including phenoxy) is 4. The van der Waals surface area contributed by atoms with E-state index in [-0.39, 0.29) is 11.3 Å². The molecule has 0 amide bonds. The van der Waals surface area contributed by atoms with Crippen molar-refractivity contribution in [3.63, 3.8) is 0 Å². The molecule has 4 rings (SSSR count). The maximum absolute atomic E-state index is 13.0. The van der Waals surface area contributed by atoms with Gasteiger partial charge >= 0.3 is 5.97 Å². The van der Waals surface area contributed by atoms with Crippen LogP contribution in [0.4, 0.5) is 0 Å². The molecule has 2 aromatic rings. The topological polar surface area (TPSA) is 213 Å². The van der Waals surface area contributed by atoms with Crippen LogP contribution in [0.5, 0.6) is 28.7 Å². The maximum atomic E-state index is 13.0. The lowest BCUT2D eigenvalue weighted by Gasteiger charge is -2.41. The molecule has 194 valence electrons. The molecular weight excluding hydrogens is 484 g/mol. The van der Waals surface area contributed by atoms with E-state index in [4.69, 9.17) is 18.9 Å². The molecule has 7 N–H and O–H groups in total. The summed E-state index contributed by atoms with van der Waals surface area (Å²) in [6.45, 7) is 0.272. The maximum Gasteiger partial charge on any atom is 0.303 e. The van der Waals surface area contributed by atoms with E-state index >= 15 is 0 Å². The third-order valence-corrected chi connectivity index (χ3v) is 5.82. The van der Waals surface area contributed by atoms with Crippen LogP contribution in [0.2, 0.25) is 0 Å². The molecule has 0 saturated carbocycles. The van der Waals surface area contributed by atoms with Crippen molar-refractivity contribution in [2.24, 2.45) is 0 Å². The molecule has 1 fully saturated rings. The molecule has 0 aromatic heterocycles. The molecule has 0 aliphatic carbocycles. The van der Waals surface area contributed by atoms with Gasteiger partial charge in [-0.15, -0.1) is 0 Å². The first-order valence-electron chi connectivity index (χ1n) is 10.8. The van der Waals surface area contributed by atoms with E-state index in [0.29, 0.717) is 0 Å². The number of carbonyl (C=O) groups is 2. The Labute approximate surface area is 203 Å². The van der Waals surface area contributed by atoms with Crippen LogP contribution in [0.25, 0.3) is 0 Å². The summed E-state index contributed by atoms with van der Waals surface area (Å²) in [6, 6.07) is 6.11. The van der Waals surface area contributed by atoms with Gasteiger partial charge in [-0.25, -0.2) is 0 Å². The van der Waals surface area contributed by atoms with E-state index in [2.05, 4.69) is 0 Å². The fourth-order valence-electron chi connectivity index (χ4n) is 4.05. The minimum Gasteiger partial charge on any atom is -0.508 e. The monoisotopic (exact) mass is 508 g/mol. The largest absolute Gasteiger partial charge is 0.508 e. The number of phenolic OH excluding ortho intramolecular Hbond substituents is 3. The number of phenols is 3. The third-order valence-electron chi connectivity index (χ3n) is 5.82. The average Bonchev–Trinajstić information content (AvgIpc) is 2.83. The predicted molar refractivity (Wildman–Crippen MR) is 116 cm³/mol. The van der Waals surface area contributed by atoms with Gasteiger partial charge in [0.2, 0.25) is 17.8 Å². The van der Waals surface area contributed by atoms with Gasteiger partial charge in [0, 0.05) is 13.0 Å². The van der Waals surface area contributed by atoms with Crippen molar-refractivity contribution in [2.75, 3.05) is 6.61 Å². The number of aliphatic hydroxyl groups excluding tert-OH is 4. The first-order valence-corrected chi connectivity index (χ1v) is 10.8. The van der Waals surface area contributed by atoms with Crippen molar-refractivity contribution in [3.05, 3.63) is 41.5 Å². The van der Waals surface area contributed by atoms with Gasteiger partial charge in [-0.05, 0) is 17.7 Å². The van der Waals surface area contributed by atoms with Crippen LogP contribution in [0.1, 0.15) is 28.9 Å². The summed E-state index contributed by atoms with van der Waals surface area (Å²) >= 11 is 0. The SMILES string of the molecule is CC(=O)O[C@H]1[C@H](Oc2c(O)cc(O)c3c2O[C@H](c2ccc(O)cc2)[C@@H](O)C3=O)O[C@H](CO)[C@@H](O)[C@@H]1O. The Morgan fingerprint density at radius 2 is 1.69 bits per heavy atom. The quantitative estimate of drug-likeness (QED) is 0.248. The zero-order chi connectivity index (χ0) is 26.3. The lowest BCUT2D eigenvalue weighted by atomic mass is 9.92. The van der Waals surface area contributed by atoms with Crippen molar-refractivity contribution in [1.82, 2.24) is 0 Å². The molecular formula is C23H24O13. The molecule has 13 nitrogen and oxygen atoms in total. The van der Waals surface area contributed by atoms with E-state index in [1.807, 2.05) is 0 Å². The predicted octanol–water partition coefficient (Wildman–Crippen LogP) is -0.770. The molecule has 7 atom stereocenters. The normalized spacial score (nSPS) is 29.7. The van der Waals surface area contributed by atoms with E-state index in [0.717, 1.165) is 13.0 Å². The Hall–Kier alpha value is -3.62. The summed E-state index contributed by atoms with van der Waals surface area (Å²) in [4.78, 5) is 24.6. The Morgan fingerprint density at radius 3 is 2.31 bits per heavy atom. The Kier molecular flexibility index (Phi) is 6.93. The second-order valence-electron chi connectivity index (χ2n) is 8.29. The molecule has 0 radical (unpaired) electrons. The summed E-state index contributed by atoms with van der Waals surface area (Å²) in [5.74, 6) is -4.47. The van der Waals surface area contributed by atoms with Crippen LogP contribution < -0.4 is 9.47 Å². The first kappa shape index (κ1) is 25.5. The molecule has 2 aliphatic heterocycles.